The molecule has 174 valence electrons. The predicted molar refractivity (Wildman–Crippen MR) is 132 cm³/mol. The topological polar surface area (TPSA) is 88.0 Å². The molecule has 0 saturated carbocycles. The number of aliphatic hydroxyl groups is 1. The first-order valence-corrected chi connectivity index (χ1v) is 11.1. The van der Waals surface area contributed by atoms with Crippen molar-refractivity contribution in [2.45, 2.75) is 39.3 Å². The van der Waals surface area contributed by atoms with E-state index in [2.05, 4.69) is 20.3 Å². The molecule has 0 aliphatic carbocycles. The number of aryl methyl sites for hydroxylation is 1. The lowest BCUT2D eigenvalue weighted by Gasteiger charge is -2.20. The van der Waals surface area contributed by atoms with E-state index in [1.165, 1.54) is 18.2 Å². The lowest BCUT2D eigenvalue weighted by Crippen LogP contribution is -2.19. The molecule has 0 amide bonds. The van der Waals surface area contributed by atoms with Crippen LogP contribution in [0.15, 0.2) is 48.8 Å². The Morgan fingerprint density at radius 2 is 1.82 bits per heavy atom. The van der Waals surface area contributed by atoms with Gasteiger partial charge >= 0.3 is 0 Å². The second kappa shape index (κ2) is 9.08. The second-order valence-electron chi connectivity index (χ2n) is 8.74. The number of rotatable bonds is 6. The van der Waals surface area contributed by atoms with E-state index in [9.17, 15) is 14.3 Å². The van der Waals surface area contributed by atoms with E-state index in [-0.39, 0.29) is 0 Å². The van der Waals surface area contributed by atoms with Crippen LogP contribution in [0.2, 0.25) is 5.02 Å². The van der Waals surface area contributed by atoms with E-state index >= 15 is 0 Å². The maximum absolute atomic E-state index is 14.5. The van der Waals surface area contributed by atoms with Crippen LogP contribution in [-0.2, 0) is 5.60 Å². The van der Waals surface area contributed by atoms with Gasteiger partial charge in [-0.3, -0.25) is 9.78 Å². The lowest BCUT2D eigenvalue weighted by atomic mass is 10.0. The van der Waals surface area contributed by atoms with E-state index in [1.54, 1.807) is 33.2 Å². The van der Waals surface area contributed by atoms with E-state index in [0.29, 0.717) is 39.6 Å². The molecule has 8 heteroatoms. The molecule has 2 heterocycles. The fourth-order valence-corrected chi connectivity index (χ4v) is 3.94. The van der Waals surface area contributed by atoms with Crippen molar-refractivity contribution in [3.05, 3.63) is 82.3 Å². The molecule has 0 fully saturated rings. The minimum absolute atomic E-state index is 0.327. The van der Waals surface area contributed by atoms with Crippen molar-refractivity contribution in [1.82, 2.24) is 15.0 Å². The Kier molecular flexibility index (Phi) is 6.34. The summed E-state index contributed by atoms with van der Waals surface area (Å²) in [5.74, 6) is -0.0883. The van der Waals surface area contributed by atoms with Gasteiger partial charge in [0, 0.05) is 34.5 Å². The SMILES string of the molecule is Cc1nc2ccc(-c3cnc(C(C)(C)O)nc3)cc2c(NC(C)c2cc(C=O)ccc2F)c1Cl. The standard InChI is InChI=1S/C26H24ClFN4O2/c1-14(19-9-16(13-33)5-7-21(19)28)32-24-20-10-17(6-8-22(20)31-15(2)23(24)27)18-11-29-25(30-12-18)26(3,4)34/h5-14,34H,1-4H3,(H,31,32). The molecule has 0 spiro atoms. The van der Waals surface area contributed by atoms with Gasteiger partial charge in [0.15, 0.2) is 5.82 Å². The largest absolute Gasteiger partial charge is 0.382 e. The van der Waals surface area contributed by atoms with Crippen molar-refractivity contribution in [2.75, 3.05) is 5.32 Å². The highest BCUT2D eigenvalue weighted by molar-refractivity contribution is 6.35. The quantitative estimate of drug-likeness (QED) is 0.330. The van der Waals surface area contributed by atoms with Crippen LogP contribution in [0.25, 0.3) is 22.0 Å². The number of aldehydes is 1. The van der Waals surface area contributed by atoms with Crippen molar-refractivity contribution >= 4 is 34.5 Å². The van der Waals surface area contributed by atoms with Crippen molar-refractivity contribution in [3.8, 4) is 11.1 Å². The minimum atomic E-state index is -1.14. The monoisotopic (exact) mass is 478 g/mol. The van der Waals surface area contributed by atoms with E-state index in [1.807, 2.05) is 25.1 Å². The zero-order valence-corrected chi connectivity index (χ0v) is 20.0. The molecular formula is C26H24ClFN4O2. The first kappa shape index (κ1) is 23.7. The summed E-state index contributed by atoms with van der Waals surface area (Å²) in [7, 11) is 0. The average Bonchev–Trinajstić information content (AvgIpc) is 2.81. The van der Waals surface area contributed by atoms with E-state index < -0.39 is 17.5 Å². The van der Waals surface area contributed by atoms with E-state index in [4.69, 9.17) is 11.6 Å². The van der Waals surface area contributed by atoms with Gasteiger partial charge in [0.05, 0.1) is 28.0 Å². The third-order valence-electron chi connectivity index (χ3n) is 5.61. The lowest BCUT2D eigenvalue weighted by molar-refractivity contribution is 0.0687. The molecule has 6 nitrogen and oxygen atoms in total. The summed E-state index contributed by atoms with van der Waals surface area (Å²) in [6.07, 6.45) is 3.99. The Morgan fingerprint density at radius 1 is 1.12 bits per heavy atom. The molecule has 0 bridgehead atoms. The van der Waals surface area contributed by atoms with E-state index in [0.717, 1.165) is 22.0 Å². The summed E-state index contributed by atoms with van der Waals surface area (Å²) in [5, 5.41) is 14.6. The highest BCUT2D eigenvalue weighted by atomic mass is 35.5. The zero-order chi connectivity index (χ0) is 24.6. The molecule has 1 atom stereocenters. The van der Waals surface area contributed by atoms with Gasteiger partial charge in [0.25, 0.3) is 0 Å². The molecular weight excluding hydrogens is 455 g/mol. The van der Waals surface area contributed by atoms with Gasteiger partial charge in [-0.2, -0.15) is 0 Å². The third kappa shape index (κ3) is 4.62. The maximum atomic E-state index is 14.5. The molecule has 0 aliphatic heterocycles. The van der Waals surface area contributed by atoms with Crippen molar-refractivity contribution < 1.29 is 14.3 Å². The molecule has 0 aliphatic rings. The molecule has 4 rings (SSSR count). The van der Waals surface area contributed by atoms with Crippen LogP contribution in [0, 0.1) is 12.7 Å². The minimum Gasteiger partial charge on any atom is -0.382 e. The number of halogens is 2. The average molecular weight is 479 g/mol. The molecule has 34 heavy (non-hydrogen) atoms. The first-order valence-electron chi connectivity index (χ1n) is 10.7. The van der Waals surface area contributed by atoms with Crippen LogP contribution < -0.4 is 5.32 Å². The third-order valence-corrected chi connectivity index (χ3v) is 6.07. The fraction of sp³-hybridized carbons (Fsp3) is 0.231. The zero-order valence-electron chi connectivity index (χ0n) is 19.2. The van der Waals surface area contributed by atoms with Crippen LogP contribution in [0.5, 0.6) is 0 Å². The number of nitrogens with one attached hydrogen (secondary N) is 1. The summed E-state index contributed by atoms with van der Waals surface area (Å²) in [6, 6.07) is 9.48. The number of carbonyl (C=O) groups is 1. The summed E-state index contributed by atoms with van der Waals surface area (Å²) < 4.78 is 14.5. The van der Waals surface area contributed by atoms with Crippen LogP contribution in [-0.4, -0.2) is 26.3 Å². The van der Waals surface area contributed by atoms with Gasteiger partial charge in [-0.15, -0.1) is 0 Å². The molecule has 2 N–H and O–H groups in total. The van der Waals surface area contributed by atoms with Gasteiger partial charge in [-0.1, -0.05) is 17.7 Å². The normalized spacial score (nSPS) is 12.6. The molecule has 0 saturated heterocycles. The Labute approximate surface area is 201 Å². The summed E-state index contributed by atoms with van der Waals surface area (Å²) in [4.78, 5) is 24.3. The molecule has 1 unspecified atom stereocenters. The number of pyridine rings is 1. The second-order valence-corrected chi connectivity index (χ2v) is 9.12. The van der Waals surface area contributed by atoms with Gasteiger partial charge in [-0.05, 0) is 63.6 Å². The predicted octanol–water partition coefficient (Wildman–Crippen LogP) is 6.01. The highest BCUT2D eigenvalue weighted by Gasteiger charge is 2.20. The summed E-state index contributed by atoms with van der Waals surface area (Å²) in [5.41, 5.74) is 3.17. The summed E-state index contributed by atoms with van der Waals surface area (Å²) >= 11 is 6.64. The fourth-order valence-electron chi connectivity index (χ4n) is 3.74. The van der Waals surface area contributed by atoms with Gasteiger partial charge in [0.2, 0.25) is 0 Å². The Bertz CT molecular complexity index is 1380. The number of benzene rings is 2. The number of hydrogen-bond acceptors (Lipinski definition) is 6. The number of nitrogens with zero attached hydrogens (tertiary/aromatic N) is 3. The van der Waals surface area contributed by atoms with Crippen molar-refractivity contribution in [3.63, 3.8) is 0 Å². The molecule has 2 aromatic heterocycles. The maximum Gasteiger partial charge on any atom is 0.159 e. The number of hydrogen-bond donors (Lipinski definition) is 2. The highest BCUT2D eigenvalue weighted by Crippen LogP contribution is 2.37. The number of aromatic nitrogens is 3. The Hall–Kier alpha value is -3.42. The Morgan fingerprint density at radius 3 is 2.47 bits per heavy atom. The Balaban J connectivity index is 1.78. The van der Waals surface area contributed by atoms with Crippen LogP contribution in [0.4, 0.5) is 10.1 Å². The van der Waals surface area contributed by atoms with Gasteiger partial charge in [0.1, 0.15) is 17.7 Å². The van der Waals surface area contributed by atoms with Gasteiger partial charge < -0.3 is 10.4 Å². The van der Waals surface area contributed by atoms with Crippen LogP contribution in [0.1, 0.15) is 54.3 Å². The number of carbonyl (C=O) groups excluding carboxylic acids is 1. The van der Waals surface area contributed by atoms with Gasteiger partial charge in [-0.25, -0.2) is 14.4 Å². The molecule has 0 radical (unpaired) electrons. The van der Waals surface area contributed by atoms with Crippen molar-refractivity contribution in [2.24, 2.45) is 0 Å². The molecule has 2 aromatic carbocycles. The number of anilines is 1. The summed E-state index contributed by atoms with van der Waals surface area (Å²) in [6.45, 7) is 6.86. The van der Waals surface area contributed by atoms with Crippen LogP contribution >= 0.6 is 11.6 Å². The first-order chi connectivity index (χ1) is 16.1. The molecule has 4 aromatic rings. The smallest absolute Gasteiger partial charge is 0.159 e. The van der Waals surface area contributed by atoms with Crippen LogP contribution in [0.3, 0.4) is 0 Å². The van der Waals surface area contributed by atoms with Crippen molar-refractivity contribution in [1.29, 1.82) is 0 Å². The number of fused-ring (bicyclic) bond motifs is 1.